The van der Waals surface area contributed by atoms with Gasteiger partial charge in [-0.25, -0.2) is 8.42 Å². The van der Waals surface area contributed by atoms with Crippen molar-refractivity contribution in [1.29, 1.82) is 0 Å². The Labute approximate surface area is 101 Å². The molecule has 1 rings (SSSR count). The van der Waals surface area contributed by atoms with Crippen molar-refractivity contribution in [2.75, 3.05) is 16.8 Å². The van der Waals surface area contributed by atoms with Crippen molar-refractivity contribution in [1.82, 2.24) is 0 Å². The number of hydrogen-bond donors (Lipinski definition) is 2. The Morgan fingerprint density at radius 3 is 2.65 bits per heavy atom. The van der Waals surface area contributed by atoms with Crippen molar-refractivity contribution < 1.29 is 13.2 Å². The van der Waals surface area contributed by atoms with Gasteiger partial charge in [0.1, 0.15) is 5.25 Å². The number of nitrogen functional groups attached to an aromatic ring is 1. The summed E-state index contributed by atoms with van der Waals surface area (Å²) in [7, 11) is -3.37. The second-order valence-electron chi connectivity index (χ2n) is 3.71. The number of carbonyl (C=O) groups excluding carboxylic acids is 1. The summed E-state index contributed by atoms with van der Waals surface area (Å²) in [4.78, 5) is 11.7. The SMILES string of the molecule is CCS(=O)(=O)C(C)C(=O)Nc1cccc(N)c1. The number of anilines is 2. The quantitative estimate of drug-likeness (QED) is 0.787. The maximum Gasteiger partial charge on any atom is 0.242 e. The number of sulfone groups is 1. The molecule has 17 heavy (non-hydrogen) atoms. The fraction of sp³-hybridized carbons (Fsp3) is 0.364. The van der Waals surface area contributed by atoms with Crippen LogP contribution >= 0.6 is 0 Å². The van der Waals surface area contributed by atoms with E-state index < -0.39 is 21.0 Å². The number of nitrogens with one attached hydrogen (secondary N) is 1. The maximum absolute atomic E-state index is 11.7. The average molecular weight is 256 g/mol. The van der Waals surface area contributed by atoms with Gasteiger partial charge in [0.2, 0.25) is 5.91 Å². The molecular weight excluding hydrogens is 240 g/mol. The van der Waals surface area contributed by atoms with Crippen LogP contribution in [0.2, 0.25) is 0 Å². The number of rotatable bonds is 4. The van der Waals surface area contributed by atoms with E-state index in [0.717, 1.165) is 0 Å². The van der Waals surface area contributed by atoms with E-state index in [2.05, 4.69) is 5.32 Å². The molecule has 94 valence electrons. The molecule has 0 aliphatic heterocycles. The van der Waals surface area contributed by atoms with Gasteiger partial charge in [-0.15, -0.1) is 0 Å². The smallest absolute Gasteiger partial charge is 0.242 e. The Hall–Kier alpha value is -1.56. The van der Waals surface area contributed by atoms with Crippen LogP contribution in [0.4, 0.5) is 11.4 Å². The summed E-state index contributed by atoms with van der Waals surface area (Å²) >= 11 is 0. The van der Waals surface area contributed by atoms with E-state index in [0.29, 0.717) is 11.4 Å². The summed E-state index contributed by atoms with van der Waals surface area (Å²) in [6, 6.07) is 6.59. The molecule has 0 radical (unpaired) electrons. The lowest BCUT2D eigenvalue weighted by molar-refractivity contribution is -0.115. The zero-order valence-corrected chi connectivity index (χ0v) is 10.6. The summed E-state index contributed by atoms with van der Waals surface area (Å²) in [5.41, 5.74) is 6.55. The van der Waals surface area contributed by atoms with Gasteiger partial charge in [0, 0.05) is 17.1 Å². The van der Waals surface area contributed by atoms with Gasteiger partial charge in [-0.05, 0) is 25.1 Å². The molecule has 0 bridgehead atoms. The van der Waals surface area contributed by atoms with E-state index in [4.69, 9.17) is 5.73 Å². The first-order valence-electron chi connectivity index (χ1n) is 5.25. The molecule has 1 aromatic carbocycles. The number of amides is 1. The average Bonchev–Trinajstić information content (AvgIpc) is 2.28. The van der Waals surface area contributed by atoms with Gasteiger partial charge in [0.25, 0.3) is 0 Å². The predicted octanol–water partition coefficient (Wildman–Crippen LogP) is 1.03. The molecule has 5 nitrogen and oxygen atoms in total. The summed E-state index contributed by atoms with van der Waals surface area (Å²) in [5.74, 6) is -0.601. The Kier molecular flexibility index (Phi) is 4.11. The predicted molar refractivity (Wildman–Crippen MR) is 68.4 cm³/mol. The number of carbonyl (C=O) groups is 1. The zero-order chi connectivity index (χ0) is 13.1. The largest absolute Gasteiger partial charge is 0.399 e. The Morgan fingerprint density at radius 1 is 1.47 bits per heavy atom. The molecule has 1 aromatic rings. The molecule has 6 heteroatoms. The van der Waals surface area contributed by atoms with Gasteiger partial charge in [0.05, 0.1) is 0 Å². The van der Waals surface area contributed by atoms with Gasteiger partial charge in [0.15, 0.2) is 9.84 Å². The highest BCUT2D eigenvalue weighted by Gasteiger charge is 2.26. The molecule has 1 amide bonds. The fourth-order valence-corrected chi connectivity index (χ4v) is 2.16. The van der Waals surface area contributed by atoms with Crippen LogP contribution in [0.5, 0.6) is 0 Å². The number of hydrogen-bond acceptors (Lipinski definition) is 4. The third kappa shape index (κ3) is 3.45. The van der Waals surface area contributed by atoms with Crippen LogP contribution in [0.3, 0.4) is 0 Å². The molecule has 0 aromatic heterocycles. The van der Waals surface area contributed by atoms with E-state index >= 15 is 0 Å². The lowest BCUT2D eigenvalue weighted by Gasteiger charge is -2.12. The van der Waals surface area contributed by atoms with Crippen LogP contribution < -0.4 is 11.1 Å². The molecule has 1 unspecified atom stereocenters. The standard InChI is InChI=1S/C11H16N2O3S/c1-3-17(15,16)8(2)11(14)13-10-6-4-5-9(12)7-10/h4-8H,3,12H2,1-2H3,(H,13,14). The molecule has 3 N–H and O–H groups in total. The minimum absolute atomic E-state index is 0.0570. The van der Waals surface area contributed by atoms with Crippen molar-refractivity contribution in [3.63, 3.8) is 0 Å². The van der Waals surface area contributed by atoms with E-state index in [9.17, 15) is 13.2 Å². The first-order valence-corrected chi connectivity index (χ1v) is 6.96. The lowest BCUT2D eigenvalue weighted by atomic mass is 10.3. The summed E-state index contributed by atoms with van der Waals surface area (Å²) < 4.78 is 23.0. The van der Waals surface area contributed by atoms with Crippen molar-refractivity contribution >= 4 is 27.1 Å². The number of benzene rings is 1. The highest BCUT2D eigenvalue weighted by molar-refractivity contribution is 7.92. The molecule has 0 aliphatic rings. The van der Waals surface area contributed by atoms with E-state index in [1.165, 1.54) is 13.8 Å². The van der Waals surface area contributed by atoms with Crippen LogP contribution in [0.25, 0.3) is 0 Å². The van der Waals surface area contributed by atoms with Crippen molar-refractivity contribution in [3.8, 4) is 0 Å². The monoisotopic (exact) mass is 256 g/mol. The third-order valence-electron chi connectivity index (χ3n) is 2.46. The second-order valence-corrected chi connectivity index (χ2v) is 6.32. The Balaban J connectivity index is 2.80. The maximum atomic E-state index is 11.7. The highest BCUT2D eigenvalue weighted by Crippen LogP contribution is 2.13. The molecule has 0 spiro atoms. The van der Waals surface area contributed by atoms with Crippen molar-refractivity contribution in [3.05, 3.63) is 24.3 Å². The first-order chi connectivity index (χ1) is 7.86. The van der Waals surface area contributed by atoms with Crippen LogP contribution in [0.15, 0.2) is 24.3 Å². The molecule has 1 atom stereocenters. The highest BCUT2D eigenvalue weighted by atomic mass is 32.2. The third-order valence-corrected chi connectivity index (χ3v) is 4.56. The molecule has 0 saturated heterocycles. The van der Waals surface area contributed by atoms with Gasteiger partial charge in [-0.3, -0.25) is 4.79 Å². The van der Waals surface area contributed by atoms with Gasteiger partial charge < -0.3 is 11.1 Å². The van der Waals surface area contributed by atoms with Crippen molar-refractivity contribution in [2.24, 2.45) is 0 Å². The summed E-state index contributed by atoms with van der Waals surface area (Å²) in [6.45, 7) is 2.89. The molecule has 0 heterocycles. The van der Waals surface area contributed by atoms with Crippen LogP contribution in [-0.4, -0.2) is 25.3 Å². The van der Waals surface area contributed by atoms with Gasteiger partial charge in [-0.2, -0.15) is 0 Å². The topological polar surface area (TPSA) is 89.3 Å². The van der Waals surface area contributed by atoms with E-state index in [-0.39, 0.29) is 5.75 Å². The van der Waals surface area contributed by atoms with E-state index in [1.807, 2.05) is 0 Å². The second kappa shape index (κ2) is 5.18. The first kappa shape index (κ1) is 13.5. The van der Waals surface area contributed by atoms with E-state index in [1.54, 1.807) is 24.3 Å². The lowest BCUT2D eigenvalue weighted by Crippen LogP contribution is -2.33. The minimum atomic E-state index is -3.37. The van der Waals surface area contributed by atoms with Crippen LogP contribution in [-0.2, 0) is 14.6 Å². The molecular formula is C11H16N2O3S. The Morgan fingerprint density at radius 2 is 2.12 bits per heavy atom. The summed E-state index contributed by atoms with van der Waals surface area (Å²) in [6.07, 6.45) is 0. The van der Waals surface area contributed by atoms with Crippen molar-refractivity contribution in [2.45, 2.75) is 19.1 Å². The normalized spacial score (nSPS) is 13.1. The van der Waals surface area contributed by atoms with Gasteiger partial charge >= 0.3 is 0 Å². The molecule has 0 fully saturated rings. The summed E-state index contributed by atoms with van der Waals surface area (Å²) in [5, 5.41) is 1.46. The van der Waals surface area contributed by atoms with Crippen LogP contribution in [0, 0.1) is 0 Å². The minimum Gasteiger partial charge on any atom is -0.399 e. The molecule has 0 saturated carbocycles. The number of nitrogens with two attached hydrogens (primary N) is 1. The van der Waals surface area contributed by atoms with Crippen LogP contribution in [0.1, 0.15) is 13.8 Å². The fourth-order valence-electron chi connectivity index (χ4n) is 1.27. The Bertz CT molecular complexity index is 511. The molecule has 0 aliphatic carbocycles. The van der Waals surface area contributed by atoms with Gasteiger partial charge in [-0.1, -0.05) is 13.0 Å². The zero-order valence-electron chi connectivity index (χ0n) is 9.80.